The summed E-state index contributed by atoms with van der Waals surface area (Å²) in [6.45, 7) is 4.15. The average molecular weight is 387 g/mol. The van der Waals surface area contributed by atoms with Crippen molar-refractivity contribution in [1.29, 1.82) is 0 Å². The predicted octanol–water partition coefficient (Wildman–Crippen LogP) is 1.64. The van der Waals surface area contributed by atoms with Crippen molar-refractivity contribution in [3.63, 3.8) is 0 Å². The Labute approximate surface area is 159 Å². The van der Waals surface area contributed by atoms with Gasteiger partial charge in [-0.1, -0.05) is 37.7 Å². The van der Waals surface area contributed by atoms with Gasteiger partial charge in [0, 0.05) is 13.6 Å². The molecule has 27 heavy (non-hydrogen) atoms. The first-order chi connectivity index (χ1) is 12.8. The lowest BCUT2D eigenvalue weighted by Crippen LogP contribution is -2.37. The molecule has 0 saturated heterocycles. The van der Waals surface area contributed by atoms with E-state index in [4.69, 9.17) is 5.73 Å². The SMILES string of the molecule is CC(C)Cn1c(N)c(C(=O)CSc2nc3ccccc3n2C)c(=O)[nH]c1=O. The Hall–Kier alpha value is -2.81. The second-order valence-corrected chi connectivity index (χ2v) is 7.62. The van der Waals surface area contributed by atoms with Crippen molar-refractivity contribution >= 4 is 34.4 Å². The number of rotatable bonds is 6. The first-order valence-electron chi connectivity index (χ1n) is 8.49. The summed E-state index contributed by atoms with van der Waals surface area (Å²) in [7, 11) is 1.87. The van der Waals surface area contributed by atoms with Crippen molar-refractivity contribution in [3.8, 4) is 0 Å². The summed E-state index contributed by atoms with van der Waals surface area (Å²) in [5.41, 5.74) is 6.23. The van der Waals surface area contributed by atoms with Gasteiger partial charge in [-0.2, -0.15) is 0 Å². The van der Waals surface area contributed by atoms with E-state index in [1.165, 1.54) is 16.3 Å². The number of nitrogens with two attached hydrogens (primary N) is 1. The highest BCUT2D eigenvalue weighted by Crippen LogP contribution is 2.23. The molecule has 0 aliphatic carbocycles. The van der Waals surface area contributed by atoms with Crippen molar-refractivity contribution in [1.82, 2.24) is 19.1 Å². The van der Waals surface area contributed by atoms with Crippen molar-refractivity contribution in [2.45, 2.75) is 25.5 Å². The van der Waals surface area contributed by atoms with Crippen LogP contribution in [0.2, 0.25) is 0 Å². The van der Waals surface area contributed by atoms with Crippen LogP contribution in [0.4, 0.5) is 5.82 Å². The molecule has 3 N–H and O–H groups in total. The number of ketones is 1. The normalized spacial score (nSPS) is 11.4. The van der Waals surface area contributed by atoms with Crippen LogP contribution in [0.15, 0.2) is 39.0 Å². The molecule has 0 aliphatic rings. The Balaban J connectivity index is 1.89. The van der Waals surface area contributed by atoms with Gasteiger partial charge in [0.1, 0.15) is 11.4 Å². The zero-order valence-corrected chi connectivity index (χ0v) is 16.2. The van der Waals surface area contributed by atoms with Gasteiger partial charge in [0.05, 0.1) is 16.8 Å². The third kappa shape index (κ3) is 3.68. The molecule has 0 bridgehead atoms. The van der Waals surface area contributed by atoms with Gasteiger partial charge in [0.15, 0.2) is 10.9 Å². The van der Waals surface area contributed by atoms with E-state index in [1.807, 2.05) is 49.7 Å². The number of H-pyrrole nitrogens is 1. The zero-order valence-electron chi connectivity index (χ0n) is 15.4. The Bertz CT molecular complexity index is 1130. The van der Waals surface area contributed by atoms with Crippen molar-refractivity contribution in [2.24, 2.45) is 13.0 Å². The van der Waals surface area contributed by atoms with Gasteiger partial charge in [-0.15, -0.1) is 0 Å². The number of para-hydroxylation sites is 2. The van der Waals surface area contributed by atoms with E-state index in [1.54, 1.807) is 0 Å². The standard InChI is InChI=1S/C18H21N5O3S/c1-10(2)8-23-15(19)14(16(25)21-17(23)26)13(24)9-27-18-20-11-6-4-5-7-12(11)22(18)3/h4-7,10H,8-9,19H2,1-3H3,(H,21,25,26). The molecule has 142 valence electrons. The van der Waals surface area contributed by atoms with Crippen LogP contribution in [0, 0.1) is 5.92 Å². The zero-order chi connectivity index (χ0) is 19.7. The lowest BCUT2D eigenvalue weighted by atomic mass is 10.2. The smallest absolute Gasteiger partial charge is 0.329 e. The lowest BCUT2D eigenvalue weighted by molar-refractivity contribution is 0.102. The molecule has 0 amide bonds. The molecule has 0 radical (unpaired) electrons. The second-order valence-electron chi connectivity index (χ2n) is 6.68. The number of benzene rings is 1. The largest absolute Gasteiger partial charge is 0.384 e. The number of Topliss-reactive ketones (excluding diaryl/α,β-unsaturated/α-hetero) is 1. The van der Waals surface area contributed by atoms with Crippen LogP contribution in [0.5, 0.6) is 0 Å². The number of hydrogen-bond donors (Lipinski definition) is 2. The molecule has 9 heteroatoms. The van der Waals surface area contributed by atoms with E-state index in [-0.39, 0.29) is 23.1 Å². The molecule has 2 heterocycles. The number of carbonyl (C=O) groups excluding carboxylic acids is 1. The van der Waals surface area contributed by atoms with Crippen LogP contribution in [0.25, 0.3) is 11.0 Å². The molecule has 0 aliphatic heterocycles. The van der Waals surface area contributed by atoms with E-state index < -0.39 is 17.0 Å². The maximum absolute atomic E-state index is 12.7. The number of nitrogens with zero attached hydrogens (tertiary/aromatic N) is 3. The Morgan fingerprint density at radius 2 is 2.00 bits per heavy atom. The molecule has 0 spiro atoms. The van der Waals surface area contributed by atoms with Crippen LogP contribution >= 0.6 is 11.8 Å². The Kier molecular flexibility index (Phi) is 5.22. The fourth-order valence-corrected chi connectivity index (χ4v) is 3.72. The number of nitrogen functional groups attached to an aromatic ring is 1. The maximum atomic E-state index is 12.7. The van der Waals surface area contributed by atoms with Gasteiger partial charge in [0.25, 0.3) is 5.56 Å². The van der Waals surface area contributed by atoms with E-state index in [9.17, 15) is 14.4 Å². The van der Waals surface area contributed by atoms with E-state index in [0.717, 1.165) is 11.0 Å². The maximum Gasteiger partial charge on any atom is 0.329 e. The van der Waals surface area contributed by atoms with Gasteiger partial charge in [-0.3, -0.25) is 19.1 Å². The topological polar surface area (TPSA) is 116 Å². The number of aromatic amines is 1. The Morgan fingerprint density at radius 3 is 2.67 bits per heavy atom. The summed E-state index contributed by atoms with van der Waals surface area (Å²) in [4.78, 5) is 43.5. The minimum absolute atomic E-state index is 0.00960. The average Bonchev–Trinajstić information content (AvgIpc) is 2.93. The van der Waals surface area contributed by atoms with Gasteiger partial charge >= 0.3 is 5.69 Å². The molecule has 1 aromatic carbocycles. The molecular weight excluding hydrogens is 366 g/mol. The number of nitrogens with one attached hydrogen (secondary N) is 1. The van der Waals surface area contributed by atoms with Crippen LogP contribution in [-0.4, -0.2) is 30.6 Å². The predicted molar refractivity (Wildman–Crippen MR) is 106 cm³/mol. The second kappa shape index (κ2) is 7.43. The number of aryl methyl sites for hydroxylation is 1. The van der Waals surface area contributed by atoms with E-state index >= 15 is 0 Å². The monoisotopic (exact) mass is 387 g/mol. The molecule has 0 atom stereocenters. The van der Waals surface area contributed by atoms with Crippen LogP contribution in [0.3, 0.4) is 0 Å². The third-order valence-electron chi connectivity index (χ3n) is 4.14. The Morgan fingerprint density at radius 1 is 1.30 bits per heavy atom. The first-order valence-corrected chi connectivity index (χ1v) is 9.48. The number of imidazole rings is 1. The molecule has 0 unspecified atom stereocenters. The molecule has 0 fully saturated rings. The van der Waals surface area contributed by atoms with E-state index in [2.05, 4.69) is 9.97 Å². The van der Waals surface area contributed by atoms with Crippen molar-refractivity contribution in [2.75, 3.05) is 11.5 Å². The highest BCUT2D eigenvalue weighted by molar-refractivity contribution is 7.99. The molecule has 8 nitrogen and oxygen atoms in total. The first kappa shape index (κ1) is 19.0. The molecular formula is C18H21N5O3S. The van der Waals surface area contributed by atoms with E-state index in [0.29, 0.717) is 11.7 Å². The summed E-state index contributed by atoms with van der Waals surface area (Å²) >= 11 is 1.22. The summed E-state index contributed by atoms with van der Waals surface area (Å²) in [6.07, 6.45) is 0. The quantitative estimate of drug-likeness (QED) is 0.491. The minimum Gasteiger partial charge on any atom is -0.384 e. The molecule has 3 aromatic rings. The molecule has 0 saturated carbocycles. The van der Waals surface area contributed by atoms with Crippen molar-refractivity contribution < 1.29 is 4.79 Å². The number of thioether (sulfide) groups is 1. The minimum atomic E-state index is -0.756. The summed E-state index contributed by atoms with van der Waals surface area (Å²) in [5.74, 6) is -0.408. The summed E-state index contributed by atoms with van der Waals surface area (Å²) < 4.78 is 3.12. The van der Waals surface area contributed by atoms with Crippen molar-refractivity contribution in [3.05, 3.63) is 50.7 Å². The molecule has 3 rings (SSSR count). The van der Waals surface area contributed by atoms with Gasteiger partial charge < -0.3 is 10.3 Å². The number of carbonyl (C=O) groups is 1. The highest BCUT2D eigenvalue weighted by Gasteiger charge is 2.21. The number of aromatic nitrogens is 4. The van der Waals surface area contributed by atoms with Gasteiger partial charge in [0.2, 0.25) is 0 Å². The lowest BCUT2D eigenvalue weighted by Gasteiger charge is -2.13. The molecule has 2 aromatic heterocycles. The summed E-state index contributed by atoms with van der Waals surface area (Å²) in [6, 6.07) is 7.65. The highest BCUT2D eigenvalue weighted by atomic mass is 32.2. The number of fused-ring (bicyclic) bond motifs is 1. The van der Waals surface area contributed by atoms with Gasteiger partial charge in [-0.25, -0.2) is 9.78 Å². The van der Waals surface area contributed by atoms with Gasteiger partial charge in [-0.05, 0) is 18.1 Å². The number of hydrogen-bond acceptors (Lipinski definition) is 6. The summed E-state index contributed by atoms with van der Waals surface area (Å²) in [5, 5.41) is 0.662. The van der Waals surface area contributed by atoms with Crippen LogP contribution in [-0.2, 0) is 13.6 Å². The van der Waals surface area contributed by atoms with Crippen LogP contribution < -0.4 is 17.0 Å². The fourth-order valence-electron chi connectivity index (χ4n) is 2.86. The van der Waals surface area contributed by atoms with Crippen LogP contribution in [0.1, 0.15) is 24.2 Å². The number of anilines is 1. The third-order valence-corrected chi connectivity index (χ3v) is 5.17. The fraction of sp³-hybridized carbons (Fsp3) is 0.333.